The lowest BCUT2D eigenvalue weighted by Crippen LogP contribution is -2.72. The molecule has 0 saturated carbocycles. The van der Waals surface area contributed by atoms with Crippen LogP contribution in [-0.4, -0.2) is 74.3 Å². The monoisotopic (exact) mass is 322 g/mol. The normalized spacial score (nSPS) is 34.9. The highest BCUT2D eigenvalue weighted by atomic mass is 35.5. The Morgan fingerprint density at radius 2 is 2.10 bits per heavy atom. The van der Waals surface area contributed by atoms with Gasteiger partial charge in [0.25, 0.3) is 0 Å². The van der Waals surface area contributed by atoms with Crippen molar-refractivity contribution in [3.63, 3.8) is 0 Å². The molecule has 0 bridgehead atoms. The third kappa shape index (κ3) is 3.08. The second-order valence-electron chi connectivity index (χ2n) is 4.82. The molecule has 7 nitrogen and oxygen atoms in total. The summed E-state index contributed by atoms with van der Waals surface area (Å²) in [7, 11) is 0. The summed E-state index contributed by atoms with van der Waals surface area (Å²) in [6.45, 7) is 5.98. The van der Waals surface area contributed by atoms with Gasteiger partial charge in [-0.05, 0) is 11.6 Å². The predicted molar refractivity (Wildman–Crippen MR) is 81.9 cm³/mol. The molecular weight excluding hydrogens is 303 g/mol. The average Bonchev–Trinajstić information content (AvgIpc) is 2.49. The zero-order chi connectivity index (χ0) is 13.1. The van der Waals surface area contributed by atoms with E-state index in [0.717, 1.165) is 39.3 Å². The van der Waals surface area contributed by atoms with Crippen LogP contribution in [0.4, 0.5) is 0 Å². The van der Waals surface area contributed by atoms with Gasteiger partial charge in [0, 0.05) is 39.3 Å². The van der Waals surface area contributed by atoms with Gasteiger partial charge in [-0.15, -0.1) is 12.4 Å². The molecule has 114 valence electrons. The van der Waals surface area contributed by atoms with Crippen LogP contribution in [-0.2, 0) is 4.74 Å². The van der Waals surface area contributed by atoms with Crippen molar-refractivity contribution in [1.29, 1.82) is 0 Å². The molecular formula is C11H20Cl2N6O. The first-order valence-electron chi connectivity index (χ1n) is 6.64. The molecule has 2 atom stereocenters. The number of piperazine rings is 1. The van der Waals surface area contributed by atoms with Crippen molar-refractivity contribution in [2.75, 3.05) is 45.9 Å². The highest BCUT2D eigenvalue weighted by molar-refractivity contribution is 6.65. The van der Waals surface area contributed by atoms with E-state index in [0.29, 0.717) is 11.9 Å². The van der Waals surface area contributed by atoms with Gasteiger partial charge >= 0.3 is 0 Å². The fraction of sp³-hybridized carbons (Fsp3) is 0.818. The van der Waals surface area contributed by atoms with Crippen LogP contribution in [0.25, 0.3) is 0 Å². The number of ether oxygens (including phenoxy) is 1. The highest BCUT2D eigenvalue weighted by Crippen LogP contribution is 2.25. The quantitative estimate of drug-likeness (QED) is 0.579. The first-order chi connectivity index (χ1) is 9.31. The molecule has 0 spiro atoms. The molecule has 0 aromatic rings. The van der Waals surface area contributed by atoms with Gasteiger partial charge in [-0.2, -0.15) is 0 Å². The molecule has 0 radical (unpaired) electrons. The number of nitrogens with one attached hydrogen (secondary N) is 3. The van der Waals surface area contributed by atoms with Gasteiger partial charge in [-0.1, -0.05) is 0 Å². The van der Waals surface area contributed by atoms with Gasteiger partial charge in [0.15, 0.2) is 5.29 Å². The van der Waals surface area contributed by atoms with Crippen molar-refractivity contribution in [2.24, 2.45) is 9.98 Å². The van der Waals surface area contributed by atoms with E-state index in [-0.39, 0.29) is 18.5 Å². The summed E-state index contributed by atoms with van der Waals surface area (Å²) in [6, 6.07) is 0. The van der Waals surface area contributed by atoms with Gasteiger partial charge in [0.1, 0.15) is 12.4 Å². The Bertz CT molecular complexity index is 361. The van der Waals surface area contributed by atoms with Crippen LogP contribution in [0, 0.1) is 0 Å². The zero-order valence-electron chi connectivity index (χ0n) is 11.1. The lowest BCUT2D eigenvalue weighted by molar-refractivity contribution is -0.0941. The molecule has 9 heteroatoms. The molecule has 0 aromatic heterocycles. The van der Waals surface area contributed by atoms with Crippen molar-refractivity contribution in [3.8, 4) is 0 Å². The number of rotatable bonds is 2. The number of amidine groups is 1. The van der Waals surface area contributed by atoms with E-state index in [9.17, 15) is 0 Å². The van der Waals surface area contributed by atoms with E-state index < -0.39 is 5.79 Å². The molecule has 20 heavy (non-hydrogen) atoms. The molecule has 2 saturated heterocycles. The molecule has 3 heterocycles. The number of hydrogen-bond donors (Lipinski definition) is 3. The van der Waals surface area contributed by atoms with Gasteiger partial charge in [-0.3, -0.25) is 4.90 Å². The van der Waals surface area contributed by atoms with Crippen LogP contribution in [0.3, 0.4) is 0 Å². The van der Waals surface area contributed by atoms with Gasteiger partial charge in [-0.25, -0.2) is 9.98 Å². The minimum absolute atomic E-state index is 0. The Hall–Kier alpha value is -0.440. The number of morpholine rings is 1. The average molecular weight is 323 g/mol. The smallest absolute Gasteiger partial charge is 0.218 e. The van der Waals surface area contributed by atoms with Crippen molar-refractivity contribution in [2.45, 2.75) is 11.9 Å². The SMILES string of the molecule is Cl.ClC1=NC=NC(C2CNCCO2)(N2CCNCC2)N1. The molecule has 3 rings (SSSR count). The van der Waals surface area contributed by atoms with E-state index >= 15 is 0 Å². The van der Waals surface area contributed by atoms with Crippen molar-refractivity contribution in [3.05, 3.63) is 0 Å². The van der Waals surface area contributed by atoms with Crippen LogP contribution >= 0.6 is 24.0 Å². The largest absolute Gasteiger partial charge is 0.370 e. The Morgan fingerprint density at radius 1 is 1.30 bits per heavy atom. The van der Waals surface area contributed by atoms with E-state index in [2.05, 4.69) is 30.8 Å². The molecule has 0 amide bonds. The molecule has 2 fully saturated rings. The number of halogens is 2. The lowest BCUT2D eigenvalue weighted by Gasteiger charge is -2.48. The molecule has 3 aliphatic heterocycles. The second-order valence-corrected chi connectivity index (χ2v) is 5.17. The van der Waals surface area contributed by atoms with E-state index in [1.54, 1.807) is 0 Å². The van der Waals surface area contributed by atoms with Crippen molar-refractivity contribution >= 4 is 35.6 Å². The van der Waals surface area contributed by atoms with Crippen LogP contribution in [0.2, 0.25) is 0 Å². The summed E-state index contributed by atoms with van der Waals surface area (Å²) in [5.41, 5.74) is 0. The standard InChI is InChI=1S/C11H19ClN6O.ClH/c12-10-15-8-16-11(17-10,9-7-14-3-6-19-9)18-4-1-13-2-5-18;/h8-9,13-14H,1-7H2,(H,15,16,17);1H. The summed E-state index contributed by atoms with van der Waals surface area (Å²) in [4.78, 5) is 10.8. The molecule has 3 N–H and O–H groups in total. The van der Waals surface area contributed by atoms with Gasteiger partial charge in [0.2, 0.25) is 5.79 Å². The zero-order valence-corrected chi connectivity index (χ0v) is 12.7. The van der Waals surface area contributed by atoms with Crippen LogP contribution < -0.4 is 16.0 Å². The van der Waals surface area contributed by atoms with E-state index in [4.69, 9.17) is 16.3 Å². The fourth-order valence-electron chi connectivity index (χ4n) is 2.74. The van der Waals surface area contributed by atoms with Gasteiger partial charge < -0.3 is 20.7 Å². The molecule has 0 aliphatic carbocycles. The van der Waals surface area contributed by atoms with Crippen LogP contribution in [0.5, 0.6) is 0 Å². The molecule has 0 aromatic carbocycles. The van der Waals surface area contributed by atoms with Crippen molar-refractivity contribution < 1.29 is 4.74 Å². The van der Waals surface area contributed by atoms with Crippen molar-refractivity contribution in [1.82, 2.24) is 20.9 Å². The Kier molecular flexibility index (Phi) is 5.59. The highest BCUT2D eigenvalue weighted by Gasteiger charge is 2.47. The van der Waals surface area contributed by atoms with Gasteiger partial charge in [0.05, 0.1) is 6.61 Å². The topological polar surface area (TPSA) is 73.3 Å². The summed E-state index contributed by atoms with van der Waals surface area (Å²) in [5, 5.41) is 10.3. The maximum atomic E-state index is 6.07. The summed E-state index contributed by atoms with van der Waals surface area (Å²) in [5.74, 6) is -0.644. The Labute approximate surface area is 129 Å². The van der Waals surface area contributed by atoms with E-state index in [1.165, 1.54) is 6.34 Å². The maximum Gasteiger partial charge on any atom is 0.218 e. The molecule has 3 aliphatic rings. The number of hydrogen-bond acceptors (Lipinski definition) is 7. The Morgan fingerprint density at radius 3 is 2.75 bits per heavy atom. The number of nitrogens with zero attached hydrogens (tertiary/aromatic N) is 3. The molecule has 2 unspecified atom stereocenters. The fourth-order valence-corrected chi connectivity index (χ4v) is 2.92. The Balaban J connectivity index is 0.00000147. The third-order valence-corrected chi connectivity index (χ3v) is 3.88. The minimum atomic E-state index is -0.644. The lowest BCUT2D eigenvalue weighted by atomic mass is 10.1. The van der Waals surface area contributed by atoms with E-state index in [1.807, 2.05) is 0 Å². The summed E-state index contributed by atoms with van der Waals surface area (Å²) < 4.78 is 5.91. The predicted octanol–water partition coefficient (Wildman–Crippen LogP) is -0.818. The second kappa shape index (κ2) is 7.02. The summed E-state index contributed by atoms with van der Waals surface area (Å²) >= 11 is 6.07. The first-order valence-corrected chi connectivity index (χ1v) is 7.02. The van der Waals surface area contributed by atoms with Crippen LogP contribution in [0.1, 0.15) is 0 Å². The third-order valence-electron chi connectivity index (χ3n) is 3.69. The summed E-state index contributed by atoms with van der Waals surface area (Å²) in [6.07, 6.45) is 1.44. The maximum absolute atomic E-state index is 6.07. The first kappa shape index (κ1) is 15.9. The van der Waals surface area contributed by atoms with Crippen LogP contribution in [0.15, 0.2) is 9.98 Å². The minimum Gasteiger partial charge on any atom is -0.370 e. The number of aliphatic imine (C=N–C) groups is 2.